The molecule has 0 saturated carbocycles. The van der Waals surface area contributed by atoms with Gasteiger partial charge in [-0.1, -0.05) is 15.9 Å². The number of rotatable bonds is 3. The van der Waals surface area contributed by atoms with E-state index >= 15 is 0 Å². The van der Waals surface area contributed by atoms with Gasteiger partial charge in [-0.25, -0.2) is 4.39 Å². The van der Waals surface area contributed by atoms with Gasteiger partial charge in [-0.2, -0.15) is 0 Å². The van der Waals surface area contributed by atoms with E-state index in [0.717, 1.165) is 10.0 Å². The summed E-state index contributed by atoms with van der Waals surface area (Å²) in [5, 5.41) is 0. The van der Waals surface area contributed by atoms with Crippen molar-refractivity contribution < 1.29 is 4.39 Å². The maximum atomic E-state index is 13.7. The molecule has 0 aliphatic carbocycles. The lowest BCUT2D eigenvalue weighted by Gasteiger charge is -2.15. The molecular formula is C12H12BrFN2. The number of benzene rings is 1. The molecule has 1 atom stereocenters. The van der Waals surface area contributed by atoms with Gasteiger partial charge in [0.05, 0.1) is 0 Å². The Morgan fingerprint density at radius 3 is 2.81 bits per heavy atom. The summed E-state index contributed by atoms with van der Waals surface area (Å²) in [4.78, 5) is 2.96. The van der Waals surface area contributed by atoms with Gasteiger partial charge < -0.3 is 10.7 Å². The molecule has 0 amide bonds. The first kappa shape index (κ1) is 11.4. The van der Waals surface area contributed by atoms with Crippen molar-refractivity contribution in [1.29, 1.82) is 0 Å². The zero-order chi connectivity index (χ0) is 11.5. The molecule has 16 heavy (non-hydrogen) atoms. The van der Waals surface area contributed by atoms with E-state index in [2.05, 4.69) is 20.9 Å². The summed E-state index contributed by atoms with van der Waals surface area (Å²) in [7, 11) is 0. The van der Waals surface area contributed by atoms with Gasteiger partial charge in [-0.3, -0.25) is 0 Å². The van der Waals surface area contributed by atoms with Crippen molar-refractivity contribution in [3.63, 3.8) is 0 Å². The molecule has 1 aromatic heterocycles. The van der Waals surface area contributed by atoms with E-state index in [1.807, 2.05) is 18.5 Å². The van der Waals surface area contributed by atoms with Crippen molar-refractivity contribution in [2.24, 2.45) is 5.73 Å². The third kappa shape index (κ3) is 2.18. The second-order valence-corrected chi connectivity index (χ2v) is 4.51. The van der Waals surface area contributed by atoms with E-state index in [-0.39, 0.29) is 11.7 Å². The molecule has 0 radical (unpaired) electrons. The Hall–Kier alpha value is -1.13. The van der Waals surface area contributed by atoms with Crippen molar-refractivity contribution in [3.8, 4) is 0 Å². The number of aromatic nitrogens is 1. The summed E-state index contributed by atoms with van der Waals surface area (Å²) in [6.45, 7) is 0.380. The molecule has 0 bridgehead atoms. The van der Waals surface area contributed by atoms with Gasteiger partial charge in [0, 0.05) is 29.3 Å². The molecule has 0 spiro atoms. The van der Waals surface area contributed by atoms with E-state index in [9.17, 15) is 4.39 Å². The Balaban J connectivity index is 2.44. The minimum absolute atomic E-state index is 0.108. The smallest absolute Gasteiger partial charge is 0.127 e. The molecule has 1 unspecified atom stereocenters. The number of halogens is 2. The number of nitrogens with one attached hydrogen (secondary N) is 1. The molecule has 4 heteroatoms. The van der Waals surface area contributed by atoms with Crippen molar-refractivity contribution in [2.45, 2.75) is 5.92 Å². The molecule has 2 aromatic rings. The van der Waals surface area contributed by atoms with Crippen molar-refractivity contribution in [3.05, 3.63) is 58.1 Å². The van der Waals surface area contributed by atoms with Crippen LogP contribution in [0.5, 0.6) is 0 Å². The van der Waals surface area contributed by atoms with Crippen molar-refractivity contribution in [2.75, 3.05) is 6.54 Å². The monoisotopic (exact) mass is 282 g/mol. The SMILES string of the molecule is NCC(c1cc[nH]c1)c1cc(Br)ccc1F. The number of aromatic amines is 1. The van der Waals surface area contributed by atoms with E-state index in [1.165, 1.54) is 6.07 Å². The standard InChI is InChI=1S/C12H12BrFN2/c13-9-1-2-12(14)10(5-9)11(6-15)8-3-4-16-7-8/h1-5,7,11,16H,6,15H2. The van der Waals surface area contributed by atoms with Gasteiger partial charge in [0.15, 0.2) is 0 Å². The Kier molecular flexibility index (Phi) is 3.41. The lowest BCUT2D eigenvalue weighted by Crippen LogP contribution is -2.14. The fraction of sp³-hybridized carbons (Fsp3) is 0.167. The van der Waals surface area contributed by atoms with Gasteiger partial charge >= 0.3 is 0 Å². The van der Waals surface area contributed by atoms with Crippen LogP contribution in [0.1, 0.15) is 17.0 Å². The highest BCUT2D eigenvalue weighted by atomic mass is 79.9. The Bertz CT molecular complexity index is 468. The fourth-order valence-electron chi connectivity index (χ4n) is 1.78. The minimum Gasteiger partial charge on any atom is -0.367 e. The molecule has 2 rings (SSSR count). The van der Waals surface area contributed by atoms with Crippen LogP contribution in [0, 0.1) is 5.82 Å². The zero-order valence-electron chi connectivity index (χ0n) is 8.58. The number of hydrogen-bond acceptors (Lipinski definition) is 1. The maximum absolute atomic E-state index is 13.7. The zero-order valence-corrected chi connectivity index (χ0v) is 10.2. The Labute approximate surface area is 102 Å². The highest BCUT2D eigenvalue weighted by Gasteiger charge is 2.17. The molecule has 0 saturated heterocycles. The fourth-order valence-corrected chi connectivity index (χ4v) is 2.16. The number of hydrogen-bond donors (Lipinski definition) is 2. The van der Waals surface area contributed by atoms with E-state index < -0.39 is 0 Å². The summed E-state index contributed by atoms with van der Waals surface area (Å²) in [6, 6.07) is 6.83. The van der Waals surface area contributed by atoms with Crippen LogP contribution in [0.15, 0.2) is 41.1 Å². The lowest BCUT2D eigenvalue weighted by atomic mass is 9.93. The molecule has 0 aliphatic rings. The first-order valence-corrected chi connectivity index (χ1v) is 5.79. The Morgan fingerprint density at radius 1 is 1.38 bits per heavy atom. The molecule has 1 heterocycles. The van der Waals surface area contributed by atoms with Crippen LogP contribution in [0.2, 0.25) is 0 Å². The van der Waals surface area contributed by atoms with Gasteiger partial charge in [0.25, 0.3) is 0 Å². The normalized spacial score (nSPS) is 12.7. The average molecular weight is 283 g/mol. The van der Waals surface area contributed by atoms with Gasteiger partial charge in [-0.05, 0) is 35.4 Å². The molecule has 2 nitrogen and oxygen atoms in total. The third-order valence-corrected chi connectivity index (χ3v) is 3.09. The molecule has 0 fully saturated rings. The van der Waals surface area contributed by atoms with Crippen molar-refractivity contribution in [1.82, 2.24) is 4.98 Å². The summed E-state index contributed by atoms with van der Waals surface area (Å²) >= 11 is 3.34. The minimum atomic E-state index is -0.222. The molecule has 1 aromatic carbocycles. The van der Waals surface area contributed by atoms with Crippen LogP contribution in [-0.4, -0.2) is 11.5 Å². The van der Waals surface area contributed by atoms with Crippen LogP contribution >= 0.6 is 15.9 Å². The first-order chi connectivity index (χ1) is 7.72. The van der Waals surface area contributed by atoms with E-state index in [4.69, 9.17) is 5.73 Å². The largest absolute Gasteiger partial charge is 0.367 e. The molecule has 84 valence electrons. The number of H-pyrrole nitrogens is 1. The second kappa shape index (κ2) is 4.80. The molecule has 0 aliphatic heterocycles. The van der Waals surface area contributed by atoms with Crippen LogP contribution in [0.4, 0.5) is 4.39 Å². The quantitative estimate of drug-likeness (QED) is 0.893. The predicted molar refractivity (Wildman–Crippen MR) is 65.8 cm³/mol. The third-order valence-electron chi connectivity index (χ3n) is 2.59. The summed E-state index contributed by atoms with van der Waals surface area (Å²) in [5.74, 6) is -0.330. The lowest BCUT2D eigenvalue weighted by molar-refractivity contribution is 0.597. The molecular weight excluding hydrogens is 271 g/mol. The number of nitrogens with two attached hydrogens (primary N) is 1. The average Bonchev–Trinajstić information content (AvgIpc) is 2.78. The highest BCUT2D eigenvalue weighted by molar-refractivity contribution is 9.10. The van der Waals surface area contributed by atoms with Crippen LogP contribution < -0.4 is 5.73 Å². The maximum Gasteiger partial charge on any atom is 0.127 e. The topological polar surface area (TPSA) is 41.8 Å². The van der Waals surface area contributed by atoms with Gasteiger partial charge in [0.2, 0.25) is 0 Å². The summed E-state index contributed by atoms with van der Waals surface area (Å²) in [5.41, 5.74) is 7.34. The van der Waals surface area contributed by atoms with Crippen LogP contribution in [0.3, 0.4) is 0 Å². The second-order valence-electron chi connectivity index (χ2n) is 3.60. The summed E-state index contributed by atoms with van der Waals surface area (Å²) in [6.07, 6.45) is 3.66. The van der Waals surface area contributed by atoms with E-state index in [1.54, 1.807) is 12.1 Å². The summed E-state index contributed by atoms with van der Waals surface area (Å²) < 4.78 is 14.6. The van der Waals surface area contributed by atoms with Crippen LogP contribution in [-0.2, 0) is 0 Å². The highest BCUT2D eigenvalue weighted by Crippen LogP contribution is 2.27. The first-order valence-electron chi connectivity index (χ1n) is 5.00. The van der Waals surface area contributed by atoms with Crippen LogP contribution in [0.25, 0.3) is 0 Å². The van der Waals surface area contributed by atoms with Crippen molar-refractivity contribution >= 4 is 15.9 Å². The molecule has 3 N–H and O–H groups in total. The van der Waals surface area contributed by atoms with Gasteiger partial charge in [-0.15, -0.1) is 0 Å². The van der Waals surface area contributed by atoms with E-state index in [0.29, 0.717) is 12.1 Å². The predicted octanol–water partition coefficient (Wildman–Crippen LogP) is 3.01. The Morgan fingerprint density at radius 2 is 2.19 bits per heavy atom. The van der Waals surface area contributed by atoms with Gasteiger partial charge in [0.1, 0.15) is 5.82 Å².